The number of aliphatic hydroxyl groups excluding tert-OH is 1. The molecule has 2 aliphatic rings. The first-order valence-electron chi connectivity index (χ1n) is 11.4. The third-order valence-electron chi connectivity index (χ3n) is 6.34. The number of benzene rings is 2. The van der Waals surface area contributed by atoms with Gasteiger partial charge in [-0.1, -0.05) is 42.8 Å². The molecule has 2 saturated heterocycles. The van der Waals surface area contributed by atoms with Crippen molar-refractivity contribution >= 4 is 29.1 Å². The first-order chi connectivity index (χ1) is 16.0. The summed E-state index contributed by atoms with van der Waals surface area (Å²) in [4.78, 5) is 30.1. The first kappa shape index (κ1) is 23.5. The average molecular weight is 469 g/mol. The predicted molar refractivity (Wildman–Crippen MR) is 128 cm³/mol. The Morgan fingerprint density at radius 3 is 2.33 bits per heavy atom. The minimum absolute atomic E-state index is 0.123. The number of aryl methyl sites for hydroxylation is 1. The van der Waals surface area contributed by atoms with Gasteiger partial charge in [0.15, 0.2) is 0 Å². The number of carbonyl (C=O) groups is 2. The Balaban J connectivity index is 1.66. The number of rotatable bonds is 7. The molecule has 1 amide bonds. The highest BCUT2D eigenvalue weighted by Gasteiger charge is 2.45. The van der Waals surface area contributed by atoms with E-state index in [1.165, 1.54) is 5.56 Å². The van der Waals surface area contributed by atoms with E-state index < -0.39 is 17.7 Å². The van der Waals surface area contributed by atoms with Crippen LogP contribution >= 0.6 is 11.6 Å². The summed E-state index contributed by atoms with van der Waals surface area (Å²) in [6, 6.07) is 13.9. The number of ether oxygens (including phenoxy) is 1. The summed E-state index contributed by atoms with van der Waals surface area (Å²) in [6.07, 6.45) is 1.63. The second kappa shape index (κ2) is 10.5. The van der Waals surface area contributed by atoms with Gasteiger partial charge in [0, 0.05) is 36.8 Å². The van der Waals surface area contributed by atoms with E-state index in [1.807, 2.05) is 24.3 Å². The summed E-state index contributed by atoms with van der Waals surface area (Å²) in [5.41, 5.74) is 2.56. The number of nitrogens with zero attached hydrogens (tertiary/aromatic N) is 2. The molecule has 2 heterocycles. The number of amides is 1. The molecule has 1 unspecified atom stereocenters. The molecule has 7 heteroatoms. The number of ketones is 1. The molecule has 0 radical (unpaired) electrons. The Labute approximate surface area is 199 Å². The zero-order valence-corrected chi connectivity index (χ0v) is 19.6. The van der Waals surface area contributed by atoms with Gasteiger partial charge in [-0.2, -0.15) is 0 Å². The maximum absolute atomic E-state index is 13.1. The number of carbonyl (C=O) groups excluding carboxylic acids is 2. The Kier molecular flexibility index (Phi) is 7.48. The number of halogens is 1. The number of hydrogen-bond donors (Lipinski definition) is 1. The highest BCUT2D eigenvalue weighted by molar-refractivity contribution is 6.46. The van der Waals surface area contributed by atoms with Gasteiger partial charge in [0.25, 0.3) is 11.7 Å². The standard InChI is InChI=1S/C26H29ClN2O4/c1-2-18-4-6-19(7-5-18)23-22(24(30)20-8-10-21(27)11-9-20)25(31)26(32)29(23)13-3-12-28-14-16-33-17-15-28/h4-11,23,30H,2-3,12-17H2,1H3/b24-22-. The van der Waals surface area contributed by atoms with Crippen LogP contribution in [0.1, 0.15) is 36.1 Å². The molecular weight excluding hydrogens is 440 g/mol. The third kappa shape index (κ3) is 5.13. The first-order valence-corrected chi connectivity index (χ1v) is 11.8. The molecule has 174 valence electrons. The van der Waals surface area contributed by atoms with Gasteiger partial charge in [0.1, 0.15) is 5.76 Å². The summed E-state index contributed by atoms with van der Waals surface area (Å²) in [5.74, 6) is -1.40. The van der Waals surface area contributed by atoms with Crippen molar-refractivity contribution in [3.05, 3.63) is 75.8 Å². The largest absolute Gasteiger partial charge is 0.507 e. The van der Waals surface area contributed by atoms with Crippen LogP contribution in [0, 0.1) is 0 Å². The lowest BCUT2D eigenvalue weighted by Crippen LogP contribution is -2.38. The Hall–Kier alpha value is -2.67. The van der Waals surface area contributed by atoms with Crippen LogP contribution in [0.4, 0.5) is 0 Å². The van der Waals surface area contributed by atoms with Crippen LogP contribution in [-0.2, 0) is 20.7 Å². The van der Waals surface area contributed by atoms with Gasteiger partial charge in [-0.05, 0) is 48.2 Å². The Morgan fingerprint density at radius 1 is 1.03 bits per heavy atom. The summed E-state index contributed by atoms with van der Waals surface area (Å²) >= 11 is 5.99. The van der Waals surface area contributed by atoms with Crippen molar-refractivity contribution in [2.75, 3.05) is 39.4 Å². The van der Waals surface area contributed by atoms with Crippen LogP contribution in [0.25, 0.3) is 5.76 Å². The monoisotopic (exact) mass is 468 g/mol. The van der Waals surface area contributed by atoms with Gasteiger partial charge in [-0.3, -0.25) is 14.5 Å². The van der Waals surface area contributed by atoms with Crippen molar-refractivity contribution < 1.29 is 19.4 Å². The number of aliphatic hydroxyl groups is 1. The molecular formula is C26H29ClN2O4. The minimum atomic E-state index is -0.654. The maximum atomic E-state index is 13.1. The van der Waals surface area contributed by atoms with Crippen molar-refractivity contribution in [1.82, 2.24) is 9.80 Å². The van der Waals surface area contributed by atoms with Crippen molar-refractivity contribution in [2.45, 2.75) is 25.8 Å². The van der Waals surface area contributed by atoms with Gasteiger partial charge in [-0.15, -0.1) is 0 Å². The van der Waals surface area contributed by atoms with E-state index in [2.05, 4.69) is 11.8 Å². The Morgan fingerprint density at radius 2 is 1.70 bits per heavy atom. The fourth-order valence-electron chi connectivity index (χ4n) is 4.45. The normalized spacial score (nSPS) is 21.0. The summed E-state index contributed by atoms with van der Waals surface area (Å²) in [5, 5.41) is 11.6. The molecule has 2 fully saturated rings. The fourth-order valence-corrected chi connectivity index (χ4v) is 4.57. The summed E-state index contributed by atoms with van der Waals surface area (Å²) in [6.45, 7) is 6.51. The Bertz CT molecular complexity index is 1030. The van der Waals surface area contributed by atoms with E-state index in [-0.39, 0.29) is 11.3 Å². The fraction of sp³-hybridized carbons (Fsp3) is 0.385. The zero-order valence-electron chi connectivity index (χ0n) is 18.8. The van der Waals surface area contributed by atoms with Crippen molar-refractivity contribution in [3.63, 3.8) is 0 Å². The molecule has 0 bridgehead atoms. The van der Waals surface area contributed by atoms with E-state index in [0.29, 0.717) is 17.1 Å². The van der Waals surface area contributed by atoms with E-state index in [9.17, 15) is 14.7 Å². The molecule has 2 aromatic carbocycles. The van der Waals surface area contributed by atoms with E-state index in [1.54, 1.807) is 29.2 Å². The average Bonchev–Trinajstić information content (AvgIpc) is 3.10. The molecule has 0 saturated carbocycles. The predicted octanol–water partition coefficient (Wildman–Crippen LogP) is 4.05. The van der Waals surface area contributed by atoms with E-state index in [0.717, 1.165) is 51.3 Å². The van der Waals surface area contributed by atoms with Gasteiger partial charge in [-0.25, -0.2) is 0 Å². The van der Waals surface area contributed by atoms with Crippen LogP contribution in [0.2, 0.25) is 5.02 Å². The topological polar surface area (TPSA) is 70.1 Å². The van der Waals surface area contributed by atoms with Crippen molar-refractivity contribution in [2.24, 2.45) is 0 Å². The zero-order chi connectivity index (χ0) is 23.4. The number of morpholine rings is 1. The quantitative estimate of drug-likeness (QED) is 0.377. The van der Waals surface area contributed by atoms with Crippen LogP contribution in [-0.4, -0.2) is 66.0 Å². The van der Waals surface area contributed by atoms with Gasteiger partial charge >= 0.3 is 0 Å². The lowest BCUT2D eigenvalue weighted by molar-refractivity contribution is -0.140. The highest BCUT2D eigenvalue weighted by Crippen LogP contribution is 2.39. The highest BCUT2D eigenvalue weighted by atomic mass is 35.5. The number of hydrogen-bond acceptors (Lipinski definition) is 5. The molecule has 4 rings (SSSR count). The van der Waals surface area contributed by atoms with E-state index >= 15 is 0 Å². The smallest absolute Gasteiger partial charge is 0.295 e. The molecule has 0 aromatic heterocycles. The minimum Gasteiger partial charge on any atom is -0.507 e. The number of Topliss-reactive ketones (excluding diaryl/α,β-unsaturated/α-hetero) is 1. The summed E-state index contributed by atoms with van der Waals surface area (Å²) < 4.78 is 5.40. The molecule has 1 atom stereocenters. The lowest BCUT2D eigenvalue weighted by atomic mass is 9.94. The van der Waals surface area contributed by atoms with Gasteiger partial charge < -0.3 is 14.7 Å². The lowest BCUT2D eigenvalue weighted by Gasteiger charge is -2.29. The molecule has 2 aromatic rings. The molecule has 6 nitrogen and oxygen atoms in total. The number of likely N-dealkylation sites (tertiary alicyclic amines) is 1. The third-order valence-corrected chi connectivity index (χ3v) is 6.59. The molecule has 33 heavy (non-hydrogen) atoms. The summed E-state index contributed by atoms with van der Waals surface area (Å²) in [7, 11) is 0. The second-order valence-electron chi connectivity index (χ2n) is 8.40. The van der Waals surface area contributed by atoms with Gasteiger partial charge in [0.2, 0.25) is 0 Å². The molecule has 0 spiro atoms. The second-order valence-corrected chi connectivity index (χ2v) is 8.84. The van der Waals surface area contributed by atoms with Crippen molar-refractivity contribution in [3.8, 4) is 0 Å². The molecule has 0 aliphatic carbocycles. The maximum Gasteiger partial charge on any atom is 0.295 e. The SMILES string of the molecule is CCc1ccc(C2/C(=C(/O)c3ccc(Cl)cc3)C(=O)C(=O)N2CCCN2CCOCC2)cc1. The molecule has 2 aliphatic heterocycles. The van der Waals surface area contributed by atoms with Crippen LogP contribution < -0.4 is 0 Å². The molecule has 1 N–H and O–H groups in total. The van der Waals surface area contributed by atoms with Gasteiger partial charge in [0.05, 0.1) is 24.8 Å². The van der Waals surface area contributed by atoms with Crippen molar-refractivity contribution in [1.29, 1.82) is 0 Å². The van der Waals surface area contributed by atoms with E-state index in [4.69, 9.17) is 16.3 Å². The van der Waals surface area contributed by atoms with Crippen LogP contribution in [0.15, 0.2) is 54.1 Å². The van der Waals surface area contributed by atoms with Crippen LogP contribution in [0.5, 0.6) is 0 Å². The van der Waals surface area contributed by atoms with Crippen LogP contribution in [0.3, 0.4) is 0 Å².